The Balaban J connectivity index is 1.49. The van der Waals surface area contributed by atoms with Gasteiger partial charge >= 0.3 is 0 Å². The summed E-state index contributed by atoms with van der Waals surface area (Å²) in [6.07, 6.45) is 5.19. The Hall–Kier alpha value is -2.29. The van der Waals surface area contributed by atoms with Gasteiger partial charge in [-0.2, -0.15) is 0 Å². The molecule has 0 aromatic heterocycles. The molecule has 2 rings (SSSR count). The van der Waals surface area contributed by atoms with Crippen molar-refractivity contribution in [2.75, 3.05) is 13.2 Å². The fourth-order valence-electron chi connectivity index (χ4n) is 2.21. The minimum atomic E-state index is 0.672. The normalized spacial score (nSPS) is 10.3. The van der Waals surface area contributed by atoms with Gasteiger partial charge in [-0.3, -0.25) is 4.79 Å². The molecule has 0 radical (unpaired) electrons. The maximum atomic E-state index is 10.6. The number of carbonyl (C=O) groups is 1. The van der Waals surface area contributed by atoms with Crippen LogP contribution in [0.3, 0.4) is 0 Å². The molecule has 0 saturated carbocycles. The van der Waals surface area contributed by atoms with E-state index in [0.29, 0.717) is 12.2 Å². The molecule has 0 N–H and O–H groups in total. The third-order valence-corrected chi connectivity index (χ3v) is 3.61. The highest BCUT2D eigenvalue weighted by molar-refractivity contribution is 5.74. The zero-order valence-corrected chi connectivity index (χ0v) is 13.7. The number of hydrogen-bond donors (Lipinski definition) is 0. The van der Waals surface area contributed by atoms with Crippen LogP contribution in [0.2, 0.25) is 0 Å². The Kier molecular flexibility index (Phi) is 7.18. The molecular formula is C20H24O3. The largest absolute Gasteiger partial charge is 0.494 e. The number of rotatable bonds is 10. The molecule has 0 unspecified atom stereocenters. The Labute approximate surface area is 138 Å². The number of carbonyl (C=O) groups excluding carboxylic acids is 1. The van der Waals surface area contributed by atoms with E-state index in [4.69, 9.17) is 9.47 Å². The second-order valence-corrected chi connectivity index (χ2v) is 5.61. The molecule has 0 atom stereocenters. The second-order valence-electron chi connectivity index (χ2n) is 5.61. The summed E-state index contributed by atoms with van der Waals surface area (Å²) in [5.41, 5.74) is 1.92. The topological polar surface area (TPSA) is 35.5 Å². The zero-order valence-electron chi connectivity index (χ0n) is 13.7. The number of hydrogen-bond acceptors (Lipinski definition) is 3. The van der Waals surface area contributed by atoms with Gasteiger partial charge in [0.2, 0.25) is 0 Å². The number of ether oxygens (including phenoxy) is 2. The summed E-state index contributed by atoms with van der Waals surface area (Å²) in [7, 11) is 0. The lowest BCUT2D eigenvalue weighted by atomic mass is 10.2. The molecule has 2 aromatic rings. The van der Waals surface area contributed by atoms with E-state index in [-0.39, 0.29) is 0 Å². The van der Waals surface area contributed by atoms with Crippen molar-refractivity contribution in [2.24, 2.45) is 0 Å². The maximum Gasteiger partial charge on any atom is 0.150 e. The van der Waals surface area contributed by atoms with Gasteiger partial charge in [-0.15, -0.1) is 0 Å². The van der Waals surface area contributed by atoms with Crippen molar-refractivity contribution < 1.29 is 14.3 Å². The van der Waals surface area contributed by atoms with Gasteiger partial charge in [0.05, 0.1) is 13.2 Å². The number of aldehydes is 1. The van der Waals surface area contributed by atoms with Gasteiger partial charge in [-0.05, 0) is 69.0 Å². The molecule has 0 heterocycles. The van der Waals surface area contributed by atoms with E-state index >= 15 is 0 Å². The fourth-order valence-corrected chi connectivity index (χ4v) is 2.21. The molecule has 0 amide bonds. The molecular weight excluding hydrogens is 288 g/mol. The monoisotopic (exact) mass is 312 g/mol. The van der Waals surface area contributed by atoms with E-state index in [0.717, 1.165) is 50.1 Å². The average Bonchev–Trinajstić information content (AvgIpc) is 2.59. The lowest BCUT2D eigenvalue weighted by Crippen LogP contribution is -2.00. The smallest absolute Gasteiger partial charge is 0.150 e. The SMILES string of the molecule is Cc1ccc(OCCCCCCOc2ccc(C=O)cc2)cc1. The summed E-state index contributed by atoms with van der Waals surface area (Å²) in [4.78, 5) is 10.6. The molecule has 0 spiro atoms. The van der Waals surface area contributed by atoms with Crippen LogP contribution in [0.1, 0.15) is 41.6 Å². The molecule has 3 heteroatoms. The summed E-state index contributed by atoms with van der Waals surface area (Å²) in [6, 6.07) is 15.4. The molecule has 2 aromatic carbocycles. The van der Waals surface area contributed by atoms with E-state index in [9.17, 15) is 4.79 Å². The molecule has 3 nitrogen and oxygen atoms in total. The molecule has 0 fully saturated rings. The molecule has 0 aliphatic carbocycles. The van der Waals surface area contributed by atoms with Crippen LogP contribution in [0.5, 0.6) is 11.5 Å². The van der Waals surface area contributed by atoms with Crippen molar-refractivity contribution in [3.8, 4) is 11.5 Å². The van der Waals surface area contributed by atoms with Crippen LogP contribution in [0, 0.1) is 6.92 Å². The van der Waals surface area contributed by atoms with E-state index in [2.05, 4.69) is 19.1 Å². The summed E-state index contributed by atoms with van der Waals surface area (Å²) in [5, 5.41) is 0. The molecule has 0 aliphatic rings. The van der Waals surface area contributed by atoms with Crippen LogP contribution >= 0.6 is 0 Å². The number of aryl methyl sites for hydroxylation is 1. The van der Waals surface area contributed by atoms with Crippen molar-refractivity contribution in [3.63, 3.8) is 0 Å². The lowest BCUT2D eigenvalue weighted by Gasteiger charge is -2.07. The number of benzene rings is 2. The Morgan fingerprint density at radius 2 is 1.22 bits per heavy atom. The second kappa shape index (κ2) is 9.67. The predicted molar refractivity (Wildman–Crippen MR) is 92.5 cm³/mol. The highest BCUT2D eigenvalue weighted by atomic mass is 16.5. The van der Waals surface area contributed by atoms with Gasteiger partial charge in [-0.1, -0.05) is 17.7 Å². The number of unbranched alkanes of at least 4 members (excludes halogenated alkanes) is 3. The summed E-state index contributed by atoms with van der Waals surface area (Å²) >= 11 is 0. The minimum absolute atomic E-state index is 0.672. The molecule has 0 bridgehead atoms. The third kappa shape index (κ3) is 6.55. The van der Waals surface area contributed by atoms with E-state index in [1.165, 1.54) is 5.56 Å². The van der Waals surface area contributed by atoms with Crippen molar-refractivity contribution in [1.82, 2.24) is 0 Å². The van der Waals surface area contributed by atoms with Crippen LogP contribution in [0.25, 0.3) is 0 Å². The summed E-state index contributed by atoms with van der Waals surface area (Å²) in [5.74, 6) is 1.76. The van der Waals surface area contributed by atoms with Gasteiger partial charge in [0, 0.05) is 5.56 Å². The molecule has 0 aliphatic heterocycles. The van der Waals surface area contributed by atoms with Crippen molar-refractivity contribution in [3.05, 3.63) is 59.7 Å². The highest BCUT2D eigenvalue weighted by Crippen LogP contribution is 2.13. The highest BCUT2D eigenvalue weighted by Gasteiger charge is 1.96. The minimum Gasteiger partial charge on any atom is -0.494 e. The van der Waals surface area contributed by atoms with Crippen molar-refractivity contribution >= 4 is 6.29 Å². The Morgan fingerprint density at radius 3 is 1.70 bits per heavy atom. The van der Waals surface area contributed by atoms with E-state index < -0.39 is 0 Å². The predicted octanol–water partition coefficient (Wildman–Crippen LogP) is 4.83. The Morgan fingerprint density at radius 1 is 0.739 bits per heavy atom. The van der Waals surface area contributed by atoms with Gasteiger partial charge in [0.15, 0.2) is 0 Å². The quantitative estimate of drug-likeness (QED) is 0.466. The van der Waals surface area contributed by atoms with Crippen molar-refractivity contribution in [2.45, 2.75) is 32.6 Å². The van der Waals surface area contributed by atoms with E-state index in [1.54, 1.807) is 12.1 Å². The van der Waals surface area contributed by atoms with Gasteiger partial charge in [-0.25, -0.2) is 0 Å². The van der Waals surface area contributed by atoms with E-state index in [1.807, 2.05) is 24.3 Å². The van der Waals surface area contributed by atoms with Gasteiger partial charge < -0.3 is 9.47 Å². The van der Waals surface area contributed by atoms with Crippen LogP contribution < -0.4 is 9.47 Å². The summed E-state index contributed by atoms with van der Waals surface area (Å²) in [6.45, 7) is 3.54. The molecule has 122 valence electrons. The first-order chi connectivity index (χ1) is 11.3. The summed E-state index contributed by atoms with van der Waals surface area (Å²) < 4.78 is 11.3. The molecule has 23 heavy (non-hydrogen) atoms. The molecule has 0 saturated heterocycles. The first kappa shape index (κ1) is 17.1. The fraction of sp³-hybridized carbons (Fsp3) is 0.350. The standard InChI is InChI=1S/C20H24O3/c1-17-6-10-19(11-7-17)22-14-4-2-3-5-15-23-20-12-8-18(16-21)9-13-20/h6-13,16H,2-5,14-15H2,1H3. The maximum absolute atomic E-state index is 10.6. The lowest BCUT2D eigenvalue weighted by molar-refractivity contribution is 0.112. The van der Waals surface area contributed by atoms with Crippen molar-refractivity contribution in [1.29, 1.82) is 0 Å². The average molecular weight is 312 g/mol. The first-order valence-corrected chi connectivity index (χ1v) is 8.15. The third-order valence-electron chi connectivity index (χ3n) is 3.61. The van der Waals surface area contributed by atoms with Crippen LogP contribution in [-0.2, 0) is 0 Å². The van der Waals surface area contributed by atoms with Crippen LogP contribution in [0.4, 0.5) is 0 Å². The van der Waals surface area contributed by atoms with Crippen LogP contribution in [-0.4, -0.2) is 19.5 Å². The zero-order chi connectivity index (χ0) is 16.3. The Bertz CT molecular complexity index is 573. The van der Waals surface area contributed by atoms with Gasteiger partial charge in [0.1, 0.15) is 17.8 Å². The van der Waals surface area contributed by atoms with Gasteiger partial charge in [0.25, 0.3) is 0 Å². The first-order valence-electron chi connectivity index (χ1n) is 8.15. The van der Waals surface area contributed by atoms with Crippen LogP contribution in [0.15, 0.2) is 48.5 Å².